The summed E-state index contributed by atoms with van der Waals surface area (Å²) >= 11 is 1.44. The van der Waals surface area contributed by atoms with Gasteiger partial charge in [-0.1, -0.05) is 47.7 Å². The molecule has 0 saturated carbocycles. The lowest BCUT2D eigenvalue weighted by Gasteiger charge is -2.28. The maximum atomic E-state index is 14.0. The predicted octanol–water partition coefficient (Wildman–Crippen LogP) is 5.44. The highest BCUT2D eigenvalue weighted by Crippen LogP contribution is 2.35. The maximum absolute atomic E-state index is 14.0. The van der Waals surface area contributed by atoms with Crippen molar-refractivity contribution in [3.8, 4) is 0 Å². The quantitative estimate of drug-likeness (QED) is 0.338. The second-order valence-corrected chi connectivity index (χ2v) is 11.9. The fraction of sp³-hybridized carbons (Fsp3) is 0.259. The molecule has 0 N–H and O–H groups in total. The summed E-state index contributed by atoms with van der Waals surface area (Å²) in [6.45, 7) is 4.54. The minimum atomic E-state index is -3.97. The Bertz CT molecular complexity index is 1520. The minimum absolute atomic E-state index is 0.0238. The molecule has 1 unspecified atom stereocenters. The number of halogens is 1. The summed E-state index contributed by atoms with van der Waals surface area (Å²) in [5, 5.41) is 0.540. The molecule has 1 fully saturated rings. The summed E-state index contributed by atoms with van der Waals surface area (Å²) in [6, 6.07) is 17.5. The molecule has 2 heterocycles. The van der Waals surface area contributed by atoms with Gasteiger partial charge in [0.15, 0.2) is 5.13 Å². The Morgan fingerprint density at radius 3 is 2.56 bits per heavy atom. The van der Waals surface area contributed by atoms with E-state index in [0.717, 1.165) is 39.0 Å². The fourth-order valence-corrected chi connectivity index (χ4v) is 7.35. The van der Waals surface area contributed by atoms with Crippen LogP contribution < -0.4 is 4.90 Å². The van der Waals surface area contributed by atoms with Gasteiger partial charge in [-0.25, -0.2) is 17.8 Å². The Morgan fingerprint density at radius 2 is 1.83 bits per heavy atom. The molecular formula is C27H26FN3O3S2. The zero-order valence-corrected chi connectivity index (χ0v) is 21.7. The van der Waals surface area contributed by atoms with E-state index in [4.69, 9.17) is 4.98 Å². The Hall–Kier alpha value is -3.14. The summed E-state index contributed by atoms with van der Waals surface area (Å²) < 4.78 is 42.5. The van der Waals surface area contributed by atoms with Gasteiger partial charge in [0.1, 0.15) is 11.9 Å². The maximum Gasteiger partial charge on any atom is 0.247 e. The zero-order valence-electron chi connectivity index (χ0n) is 20.0. The monoisotopic (exact) mass is 523 g/mol. The molecule has 186 valence electrons. The van der Waals surface area contributed by atoms with Crippen LogP contribution in [0.15, 0.2) is 71.6 Å². The van der Waals surface area contributed by atoms with Gasteiger partial charge in [-0.3, -0.25) is 9.69 Å². The van der Waals surface area contributed by atoms with Gasteiger partial charge >= 0.3 is 0 Å². The number of sulfonamides is 1. The average Bonchev–Trinajstić information content (AvgIpc) is 3.51. The molecular weight excluding hydrogens is 497 g/mol. The van der Waals surface area contributed by atoms with Gasteiger partial charge in [-0.2, -0.15) is 4.31 Å². The largest absolute Gasteiger partial charge is 0.282 e. The van der Waals surface area contributed by atoms with Gasteiger partial charge in [0.25, 0.3) is 0 Å². The molecule has 0 spiro atoms. The van der Waals surface area contributed by atoms with Gasteiger partial charge in [0.05, 0.1) is 21.7 Å². The molecule has 1 aliphatic heterocycles. The Labute approximate surface area is 214 Å². The van der Waals surface area contributed by atoms with Crippen molar-refractivity contribution < 1.29 is 17.6 Å². The van der Waals surface area contributed by atoms with E-state index >= 15 is 0 Å². The van der Waals surface area contributed by atoms with Crippen molar-refractivity contribution in [1.82, 2.24) is 9.29 Å². The third-order valence-electron chi connectivity index (χ3n) is 6.40. The molecule has 0 radical (unpaired) electrons. The lowest BCUT2D eigenvalue weighted by Crippen LogP contribution is -2.47. The fourth-order valence-electron chi connectivity index (χ4n) is 4.68. The molecule has 5 rings (SSSR count). The lowest BCUT2D eigenvalue weighted by atomic mass is 10.1. The van der Waals surface area contributed by atoms with Gasteiger partial charge in [0.2, 0.25) is 15.9 Å². The third kappa shape index (κ3) is 4.66. The van der Waals surface area contributed by atoms with E-state index < -0.39 is 21.9 Å². The standard InChI is InChI=1S/C27H26FN3O3S2/c1-18-15-19(2)25-23(16-18)29-27(35-25)30(17-20-7-4-3-5-8-20)26(32)24-9-6-14-31(24)36(33,34)22-12-10-21(28)11-13-22/h3-5,7-8,10-13,15-16,24H,6,9,14,17H2,1-2H3. The summed E-state index contributed by atoms with van der Waals surface area (Å²) in [6.07, 6.45) is 0.974. The molecule has 1 aliphatic rings. The number of rotatable bonds is 6. The first-order valence-corrected chi connectivity index (χ1v) is 14.0. The van der Waals surface area contributed by atoms with Crippen LogP contribution in [0.25, 0.3) is 10.2 Å². The molecule has 0 aliphatic carbocycles. The van der Waals surface area contributed by atoms with E-state index in [1.807, 2.05) is 50.2 Å². The molecule has 4 aromatic rings. The van der Waals surface area contributed by atoms with Crippen LogP contribution in [-0.4, -0.2) is 36.2 Å². The number of hydrogen-bond donors (Lipinski definition) is 0. The number of aryl methyl sites for hydroxylation is 2. The van der Waals surface area contributed by atoms with Crippen LogP contribution in [0.5, 0.6) is 0 Å². The predicted molar refractivity (Wildman–Crippen MR) is 140 cm³/mol. The first-order valence-electron chi connectivity index (χ1n) is 11.7. The van der Waals surface area contributed by atoms with Crippen LogP contribution in [-0.2, 0) is 21.4 Å². The number of aromatic nitrogens is 1. The van der Waals surface area contributed by atoms with E-state index in [2.05, 4.69) is 6.07 Å². The molecule has 0 bridgehead atoms. The molecule has 3 aromatic carbocycles. The van der Waals surface area contributed by atoms with Gasteiger partial charge < -0.3 is 0 Å². The number of carbonyl (C=O) groups excluding carboxylic acids is 1. The number of thiazole rings is 1. The first kappa shape index (κ1) is 24.5. The molecule has 1 amide bonds. The van der Waals surface area contributed by atoms with Gasteiger partial charge in [-0.05, 0) is 73.7 Å². The van der Waals surface area contributed by atoms with E-state index in [9.17, 15) is 17.6 Å². The number of amides is 1. The first-order chi connectivity index (χ1) is 17.2. The smallest absolute Gasteiger partial charge is 0.247 e. The second-order valence-electron chi connectivity index (χ2n) is 9.06. The third-order valence-corrected chi connectivity index (χ3v) is 9.55. The second kappa shape index (κ2) is 9.72. The zero-order chi connectivity index (χ0) is 25.4. The van der Waals surface area contributed by atoms with Crippen molar-refractivity contribution in [3.05, 3.63) is 89.2 Å². The minimum Gasteiger partial charge on any atom is -0.282 e. The summed E-state index contributed by atoms with van der Waals surface area (Å²) in [7, 11) is -3.97. The molecule has 36 heavy (non-hydrogen) atoms. The average molecular weight is 524 g/mol. The molecule has 1 saturated heterocycles. The van der Waals surface area contributed by atoms with Crippen LogP contribution in [0.2, 0.25) is 0 Å². The van der Waals surface area contributed by atoms with Gasteiger partial charge in [-0.15, -0.1) is 0 Å². The van der Waals surface area contributed by atoms with E-state index in [1.54, 1.807) is 4.90 Å². The van der Waals surface area contributed by atoms with E-state index in [1.165, 1.54) is 27.8 Å². The normalized spacial score (nSPS) is 16.5. The van der Waals surface area contributed by atoms with Crippen LogP contribution in [0, 0.1) is 19.7 Å². The Balaban J connectivity index is 1.54. The van der Waals surface area contributed by atoms with Crippen molar-refractivity contribution in [2.24, 2.45) is 0 Å². The Morgan fingerprint density at radius 1 is 1.11 bits per heavy atom. The number of carbonyl (C=O) groups is 1. The SMILES string of the molecule is Cc1cc(C)c2sc(N(Cc3ccccc3)C(=O)C3CCCN3S(=O)(=O)c3ccc(F)cc3)nc2c1. The highest BCUT2D eigenvalue weighted by atomic mass is 32.2. The van der Waals surface area contributed by atoms with Gasteiger partial charge in [0, 0.05) is 6.54 Å². The molecule has 1 aromatic heterocycles. The summed E-state index contributed by atoms with van der Waals surface area (Å²) in [5.41, 5.74) is 3.91. The van der Waals surface area contributed by atoms with E-state index in [0.29, 0.717) is 18.0 Å². The van der Waals surface area contributed by atoms with Crippen LogP contribution >= 0.6 is 11.3 Å². The highest BCUT2D eigenvalue weighted by molar-refractivity contribution is 7.89. The molecule has 6 nitrogen and oxygen atoms in total. The topological polar surface area (TPSA) is 70.6 Å². The van der Waals surface area contributed by atoms with Crippen LogP contribution in [0.3, 0.4) is 0 Å². The van der Waals surface area contributed by atoms with Crippen LogP contribution in [0.1, 0.15) is 29.5 Å². The highest BCUT2D eigenvalue weighted by Gasteiger charge is 2.42. The van der Waals surface area contributed by atoms with Crippen molar-refractivity contribution in [2.75, 3.05) is 11.4 Å². The number of benzene rings is 3. The molecule has 9 heteroatoms. The van der Waals surface area contributed by atoms with E-state index in [-0.39, 0.29) is 23.9 Å². The summed E-state index contributed by atoms with van der Waals surface area (Å²) in [4.78, 5) is 20.4. The van der Waals surface area contributed by atoms with Crippen molar-refractivity contribution in [3.63, 3.8) is 0 Å². The lowest BCUT2D eigenvalue weighted by molar-refractivity contribution is -0.121. The van der Waals surface area contributed by atoms with Crippen molar-refractivity contribution in [2.45, 2.75) is 44.2 Å². The molecule has 1 atom stereocenters. The number of anilines is 1. The van der Waals surface area contributed by atoms with Crippen molar-refractivity contribution >= 4 is 42.6 Å². The Kier molecular flexibility index (Phi) is 6.63. The number of nitrogens with zero attached hydrogens (tertiary/aromatic N) is 3. The van der Waals surface area contributed by atoms with Crippen molar-refractivity contribution in [1.29, 1.82) is 0 Å². The summed E-state index contributed by atoms with van der Waals surface area (Å²) in [5.74, 6) is -0.825. The number of fused-ring (bicyclic) bond motifs is 1. The van der Waals surface area contributed by atoms with Crippen LogP contribution in [0.4, 0.5) is 9.52 Å². The number of hydrogen-bond acceptors (Lipinski definition) is 5.